The summed E-state index contributed by atoms with van der Waals surface area (Å²) in [5.41, 5.74) is -1.25. The average Bonchev–Trinajstić information content (AvgIpc) is 2.75. The number of nitrogens with one attached hydrogen (secondary N) is 1. The van der Waals surface area contributed by atoms with Gasteiger partial charge in [-0.2, -0.15) is 13.2 Å². The number of anilines is 1. The van der Waals surface area contributed by atoms with Crippen molar-refractivity contribution in [2.24, 2.45) is 0 Å². The molecule has 0 heterocycles. The SMILES string of the molecule is CC(C)NC(=O)[C@@H](C)N(Cc1ccc(F)cc1)C(=O)CN(c1cc(C(F)(F)F)ccc1Cl)S(C)(=O)=O. The Kier molecular flexibility index (Phi) is 9.35. The third-order valence-electron chi connectivity index (χ3n) is 5.09. The van der Waals surface area contributed by atoms with Crippen LogP contribution in [-0.4, -0.2) is 50.0 Å². The van der Waals surface area contributed by atoms with Gasteiger partial charge in [0, 0.05) is 12.6 Å². The Hall–Kier alpha value is -2.86. The van der Waals surface area contributed by atoms with Crippen LogP contribution in [0.1, 0.15) is 31.9 Å². The number of carbonyl (C=O) groups excluding carboxylic acids is 2. The van der Waals surface area contributed by atoms with Crippen molar-refractivity contribution in [1.29, 1.82) is 0 Å². The summed E-state index contributed by atoms with van der Waals surface area (Å²) in [6.45, 7) is 3.71. The summed E-state index contributed by atoms with van der Waals surface area (Å²) < 4.78 is 78.7. The molecule has 0 saturated carbocycles. The minimum Gasteiger partial charge on any atom is -0.352 e. The van der Waals surface area contributed by atoms with E-state index in [9.17, 15) is 35.6 Å². The fraction of sp³-hybridized carbons (Fsp3) is 0.391. The second kappa shape index (κ2) is 11.5. The molecule has 0 bridgehead atoms. The number of benzene rings is 2. The van der Waals surface area contributed by atoms with Gasteiger partial charge >= 0.3 is 6.18 Å². The molecule has 0 unspecified atom stereocenters. The van der Waals surface area contributed by atoms with E-state index >= 15 is 0 Å². The predicted octanol–water partition coefficient (Wildman–Crippen LogP) is 4.21. The van der Waals surface area contributed by atoms with Gasteiger partial charge in [0.2, 0.25) is 21.8 Å². The molecule has 2 aromatic carbocycles. The number of sulfonamides is 1. The average molecular weight is 552 g/mol. The molecule has 0 saturated heterocycles. The first-order valence-electron chi connectivity index (χ1n) is 10.7. The molecular weight excluding hydrogens is 526 g/mol. The highest BCUT2D eigenvalue weighted by Crippen LogP contribution is 2.36. The number of hydrogen-bond acceptors (Lipinski definition) is 4. The monoisotopic (exact) mass is 551 g/mol. The molecule has 36 heavy (non-hydrogen) atoms. The summed E-state index contributed by atoms with van der Waals surface area (Å²) in [5.74, 6) is -1.95. The summed E-state index contributed by atoms with van der Waals surface area (Å²) in [7, 11) is -4.29. The van der Waals surface area contributed by atoms with Crippen molar-refractivity contribution >= 4 is 39.1 Å². The molecule has 0 radical (unpaired) electrons. The molecule has 2 rings (SSSR count). The van der Waals surface area contributed by atoms with E-state index in [1.165, 1.54) is 19.1 Å². The van der Waals surface area contributed by atoms with Gasteiger partial charge in [-0.15, -0.1) is 0 Å². The lowest BCUT2D eigenvalue weighted by Gasteiger charge is -2.32. The van der Waals surface area contributed by atoms with Crippen LogP contribution in [0.5, 0.6) is 0 Å². The zero-order valence-electron chi connectivity index (χ0n) is 19.9. The van der Waals surface area contributed by atoms with Crippen LogP contribution < -0.4 is 9.62 Å². The lowest BCUT2D eigenvalue weighted by Crippen LogP contribution is -2.52. The minimum absolute atomic E-state index is 0.195. The standard InChI is InChI=1S/C23H26ClF4N3O4S/c1-14(2)29-22(33)15(3)30(12-16-5-8-18(25)9-6-16)21(32)13-31(36(4,34)35)20-11-17(23(26,27)28)7-10-19(20)24/h5-11,14-15H,12-13H2,1-4H3,(H,29,33)/t15-/m1/s1. The van der Waals surface area contributed by atoms with E-state index in [0.717, 1.165) is 29.4 Å². The Morgan fingerprint density at radius 1 is 1.06 bits per heavy atom. The van der Waals surface area contributed by atoms with Crippen molar-refractivity contribution in [2.75, 3.05) is 17.1 Å². The highest BCUT2D eigenvalue weighted by Gasteiger charge is 2.34. The van der Waals surface area contributed by atoms with Crippen LogP contribution in [0.3, 0.4) is 0 Å². The molecule has 0 aromatic heterocycles. The smallest absolute Gasteiger partial charge is 0.352 e. The highest BCUT2D eigenvalue weighted by atomic mass is 35.5. The Morgan fingerprint density at radius 3 is 2.14 bits per heavy atom. The summed E-state index contributed by atoms with van der Waals surface area (Å²) in [4.78, 5) is 27.1. The fourth-order valence-corrected chi connectivity index (χ4v) is 4.37. The minimum atomic E-state index is -4.79. The van der Waals surface area contributed by atoms with Gasteiger partial charge in [-0.25, -0.2) is 12.8 Å². The van der Waals surface area contributed by atoms with Gasteiger partial charge in [-0.3, -0.25) is 13.9 Å². The maximum absolute atomic E-state index is 13.4. The number of halogens is 5. The maximum atomic E-state index is 13.4. The highest BCUT2D eigenvalue weighted by molar-refractivity contribution is 7.92. The number of rotatable bonds is 9. The quantitative estimate of drug-likeness (QED) is 0.473. The Balaban J connectivity index is 2.49. The first-order chi connectivity index (χ1) is 16.5. The molecule has 7 nitrogen and oxygen atoms in total. The van der Waals surface area contributed by atoms with Crippen LogP contribution in [0, 0.1) is 5.82 Å². The van der Waals surface area contributed by atoms with Gasteiger partial charge in [-0.1, -0.05) is 23.7 Å². The van der Waals surface area contributed by atoms with Crippen LogP contribution in [0.4, 0.5) is 23.2 Å². The Bertz CT molecular complexity index is 1200. The van der Waals surface area contributed by atoms with Crippen molar-refractivity contribution < 1.29 is 35.6 Å². The van der Waals surface area contributed by atoms with Gasteiger partial charge in [0.15, 0.2) is 0 Å². The van der Waals surface area contributed by atoms with E-state index in [0.29, 0.717) is 22.0 Å². The lowest BCUT2D eigenvalue weighted by atomic mass is 10.1. The Labute approximate surface area is 212 Å². The molecule has 0 fully saturated rings. The summed E-state index contributed by atoms with van der Waals surface area (Å²) in [6, 6.07) is 5.84. The molecule has 0 spiro atoms. The van der Waals surface area contributed by atoms with Crippen LogP contribution in [0.25, 0.3) is 0 Å². The second-order valence-corrected chi connectivity index (χ2v) is 10.7. The van der Waals surface area contributed by atoms with Gasteiger partial charge < -0.3 is 10.2 Å². The van der Waals surface area contributed by atoms with Gasteiger partial charge in [-0.05, 0) is 56.7 Å². The second-order valence-electron chi connectivity index (χ2n) is 8.42. The molecule has 0 aliphatic heterocycles. The topological polar surface area (TPSA) is 86.8 Å². The van der Waals surface area contributed by atoms with E-state index in [-0.39, 0.29) is 17.6 Å². The summed E-state index contributed by atoms with van der Waals surface area (Å²) >= 11 is 6.03. The van der Waals surface area contributed by atoms with Crippen molar-refractivity contribution in [2.45, 2.75) is 45.6 Å². The van der Waals surface area contributed by atoms with Crippen LogP contribution in [0.15, 0.2) is 42.5 Å². The normalized spacial score (nSPS) is 12.8. The van der Waals surface area contributed by atoms with Gasteiger partial charge in [0.1, 0.15) is 18.4 Å². The van der Waals surface area contributed by atoms with Crippen LogP contribution in [0.2, 0.25) is 5.02 Å². The van der Waals surface area contributed by atoms with E-state index in [2.05, 4.69) is 5.32 Å². The molecule has 2 amide bonds. The van der Waals surface area contributed by atoms with Crippen LogP contribution >= 0.6 is 11.6 Å². The van der Waals surface area contributed by atoms with Crippen molar-refractivity contribution in [3.8, 4) is 0 Å². The van der Waals surface area contributed by atoms with E-state index in [4.69, 9.17) is 11.6 Å². The third kappa shape index (κ3) is 7.82. The zero-order chi connectivity index (χ0) is 27.4. The number of carbonyl (C=O) groups is 2. The molecule has 13 heteroatoms. The Morgan fingerprint density at radius 2 is 1.64 bits per heavy atom. The summed E-state index contributed by atoms with van der Waals surface area (Å²) in [6.07, 6.45) is -4.07. The first kappa shape index (κ1) is 29.4. The maximum Gasteiger partial charge on any atom is 0.416 e. The summed E-state index contributed by atoms with van der Waals surface area (Å²) in [5, 5.41) is 2.33. The van der Waals surface area contributed by atoms with Gasteiger partial charge in [0.05, 0.1) is 22.5 Å². The first-order valence-corrected chi connectivity index (χ1v) is 12.9. The molecule has 1 N–H and O–H groups in total. The van der Waals surface area contributed by atoms with Gasteiger partial charge in [0.25, 0.3) is 0 Å². The third-order valence-corrected chi connectivity index (χ3v) is 6.53. The predicted molar refractivity (Wildman–Crippen MR) is 128 cm³/mol. The van der Waals surface area contributed by atoms with Crippen LogP contribution in [-0.2, 0) is 32.3 Å². The van der Waals surface area contributed by atoms with Crippen molar-refractivity contribution in [3.05, 3.63) is 64.4 Å². The van der Waals surface area contributed by atoms with E-state index in [1.807, 2.05) is 0 Å². The lowest BCUT2D eigenvalue weighted by molar-refractivity contribution is -0.139. The van der Waals surface area contributed by atoms with E-state index < -0.39 is 57.7 Å². The fourth-order valence-electron chi connectivity index (χ4n) is 3.25. The molecule has 198 valence electrons. The molecule has 0 aliphatic carbocycles. The largest absolute Gasteiger partial charge is 0.416 e. The van der Waals surface area contributed by atoms with Crippen molar-refractivity contribution in [1.82, 2.24) is 10.2 Å². The molecule has 2 aromatic rings. The number of alkyl halides is 3. The molecule has 0 aliphatic rings. The molecule has 1 atom stereocenters. The van der Waals surface area contributed by atoms with E-state index in [1.54, 1.807) is 13.8 Å². The number of hydrogen-bond donors (Lipinski definition) is 1. The van der Waals surface area contributed by atoms with Crippen molar-refractivity contribution in [3.63, 3.8) is 0 Å². The zero-order valence-corrected chi connectivity index (χ0v) is 21.5. The molecular formula is C23H26ClF4N3O4S. The number of amides is 2. The number of nitrogens with zero attached hydrogens (tertiary/aromatic N) is 2.